The molecule has 0 radical (unpaired) electrons. The molecular weight excluding hydrogens is 272 g/mol. The Hall–Kier alpha value is -1.06. The van der Waals surface area contributed by atoms with E-state index < -0.39 is 0 Å². The molecule has 0 spiro atoms. The molecule has 1 fully saturated rings. The Labute approximate surface area is 135 Å². The predicted molar refractivity (Wildman–Crippen MR) is 94.4 cm³/mol. The molecule has 1 heterocycles. The van der Waals surface area contributed by atoms with Gasteiger partial charge in [0, 0.05) is 30.9 Å². The molecule has 2 N–H and O–H groups in total. The van der Waals surface area contributed by atoms with Gasteiger partial charge in [0.15, 0.2) is 0 Å². The molecule has 2 atom stereocenters. The van der Waals surface area contributed by atoms with Crippen molar-refractivity contribution in [3.05, 3.63) is 29.8 Å². The van der Waals surface area contributed by atoms with Crippen molar-refractivity contribution in [1.29, 1.82) is 0 Å². The summed E-state index contributed by atoms with van der Waals surface area (Å²) < 4.78 is 0. The van der Waals surface area contributed by atoms with Crippen LogP contribution in [0.3, 0.4) is 0 Å². The lowest BCUT2D eigenvalue weighted by Gasteiger charge is -2.32. The second kappa shape index (κ2) is 7.01. The third-order valence-electron chi connectivity index (χ3n) is 5.02. The Bertz CT molecular complexity index is 455. The molecule has 124 valence electrons. The first-order chi connectivity index (χ1) is 10.3. The standard InChI is InChI=1S/C19H32N2O/c1-14(20-15(2)19(3,4)5)16-6-8-17(9-7-16)21-12-10-18(22)11-13-21/h6-9,14-15,18,20,22H,10-13H2,1-5H3. The van der Waals surface area contributed by atoms with Crippen molar-refractivity contribution in [3.63, 3.8) is 0 Å². The summed E-state index contributed by atoms with van der Waals surface area (Å²) in [5, 5.41) is 13.3. The van der Waals surface area contributed by atoms with Crippen LogP contribution in [0, 0.1) is 5.41 Å². The first kappa shape index (κ1) is 17.3. The molecule has 0 aromatic heterocycles. The minimum atomic E-state index is -0.112. The zero-order valence-corrected chi connectivity index (χ0v) is 14.8. The lowest BCUT2D eigenvalue weighted by Crippen LogP contribution is -2.39. The summed E-state index contributed by atoms with van der Waals surface area (Å²) in [6.45, 7) is 13.2. The first-order valence-electron chi connectivity index (χ1n) is 8.56. The molecule has 0 aliphatic carbocycles. The van der Waals surface area contributed by atoms with Crippen LogP contribution in [0.25, 0.3) is 0 Å². The van der Waals surface area contributed by atoms with Crippen LogP contribution in [0.1, 0.15) is 59.1 Å². The van der Waals surface area contributed by atoms with Gasteiger partial charge in [-0.3, -0.25) is 0 Å². The quantitative estimate of drug-likeness (QED) is 0.889. The van der Waals surface area contributed by atoms with Crippen LogP contribution in [0.4, 0.5) is 5.69 Å². The Kier molecular flexibility index (Phi) is 5.51. The van der Waals surface area contributed by atoms with Gasteiger partial charge in [-0.25, -0.2) is 0 Å². The van der Waals surface area contributed by atoms with Crippen LogP contribution in [-0.4, -0.2) is 30.3 Å². The highest BCUT2D eigenvalue weighted by molar-refractivity contribution is 5.48. The molecule has 1 aromatic rings. The van der Waals surface area contributed by atoms with E-state index in [4.69, 9.17) is 0 Å². The van der Waals surface area contributed by atoms with Gasteiger partial charge in [-0.05, 0) is 49.8 Å². The number of hydrogen-bond donors (Lipinski definition) is 2. The molecular formula is C19H32N2O. The molecule has 0 bridgehead atoms. The van der Waals surface area contributed by atoms with E-state index in [-0.39, 0.29) is 11.5 Å². The molecule has 0 saturated carbocycles. The van der Waals surface area contributed by atoms with Crippen LogP contribution >= 0.6 is 0 Å². The second-order valence-corrected chi connectivity index (χ2v) is 7.79. The molecule has 1 aliphatic heterocycles. The number of benzene rings is 1. The Balaban J connectivity index is 1.96. The van der Waals surface area contributed by atoms with E-state index in [1.807, 2.05) is 0 Å². The van der Waals surface area contributed by atoms with Crippen LogP contribution in [0.15, 0.2) is 24.3 Å². The fourth-order valence-electron chi connectivity index (χ4n) is 2.82. The van der Waals surface area contributed by atoms with E-state index in [0.717, 1.165) is 25.9 Å². The molecule has 2 rings (SSSR count). The van der Waals surface area contributed by atoms with E-state index in [0.29, 0.717) is 12.1 Å². The van der Waals surface area contributed by atoms with Gasteiger partial charge in [-0.15, -0.1) is 0 Å². The van der Waals surface area contributed by atoms with Crippen molar-refractivity contribution in [1.82, 2.24) is 5.32 Å². The Morgan fingerprint density at radius 2 is 1.64 bits per heavy atom. The van der Waals surface area contributed by atoms with Gasteiger partial charge in [0.05, 0.1) is 6.10 Å². The maximum atomic E-state index is 9.61. The summed E-state index contributed by atoms with van der Waals surface area (Å²) in [6.07, 6.45) is 1.64. The highest BCUT2D eigenvalue weighted by atomic mass is 16.3. The summed E-state index contributed by atoms with van der Waals surface area (Å²) in [5.41, 5.74) is 2.87. The van der Waals surface area contributed by atoms with Crippen LogP contribution in [0.5, 0.6) is 0 Å². The van der Waals surface area contributed by atoms with Crippen LogP contribution in [0.2, 0.25) is 0 Å². The maximum Gasteiger partial charge on any atom is 0.0574 e. The van der Waals surface area contributed by atoms with Gasteiger partial charge in [-0.1, -0.05) is 32.9 Å². The number of nitrogens with one attached hydrogen (secondary N) is 1. The molecule has 0 amide bonds. The summed E-state index contributed by atoms with van der Waals surface area (Å²) in [4.78, 5) is 2.37. The first-order valence-corrected chi connectivity index (χ1v) is 8.56. The normalized spacial score (nSPS) is 20.0. The molecule has 1 aromatic carbocycles. The second-order valence-electron chi connectivity index (χ2n) is 7.79. The van der Waals surface area contributed by atoms with Gasteiger partial charge >= 0.3 is 0 Å². The number of nitrogens with zero attached hydrogens (tertiary/aromatic N) is 1. The zero-order chi connectivity index (χ0) is 16.3. The number of piperidine rings is 1. The van der Waals surface area contributed by atoms with Crippen molar-refractivity contribution in [2.45, 2.75) is 65.6 Å². The predicted octanol–water partition coefficient (Wildman–Crippen LogP) is 3.73. The monoisotopic (exact) mass is 304 g/mol. The molecule has 3 nitrogen and oxygen atoms in total. The van der Waals surface area contributed by atoms with Crippen molar-refractivity contribution < 1.29 is 5.11 Å². The molecule has 22 heavy (non-hydrogen) atoms. The number of hydrogen-bond acceptors (Lipinski definition) is 3. The number of anilines is 1. The average molecular weight is 304 g/mol. The van der Waals surface area contributed by atoms with E-state index in [1.54, 1.807) is 0 Å². The molecule has 2 unspecified atom stereocenters. The Morgan fingerprint density at radius 3 is 2.14 bits per heavy atom. The van der Waals surface area contributed by atoms with E-state index >= 15 is 0 Å². The summed E-state index contributed by atoms with van der Waals surface area (Å²) in [7, 11) is 0. The van der Waals surface area contributed by atoms with Crippen molar-refractivity contribution >= 4 is 5.69 Å². The number of aliphatic hydroxyl groups is 1. The number of aliphatic hydroxyl groups excluding tert-OH is 1. The smallest absolute Gasteiger partial charge is 0.0574 e. The summed E-state index contributed by atoms with van der Waals surface area (Å²) in [5.74, 6) is 0. The highest BCUT2D eigenvalue weighted by Gasteiger charge is 2.22. The highest BCUT2D eigenvalue weighted by Crippen LogP contribution is 2.25. The minimum absolute atomic E-state index is 0.112. The topological polar surface area (TPSA) is 35.5 Å². The third kappa shape index (κ3) is 4.47. The lowest BCUT2D eigenvalue weighted by atomic mass is 9.87. The third-order valence-corrected chi connectivity index (χ3v) is 5.02. The van der Waals surface area contributed by atoms with Gasteiger partial charge in [0.1, 0.15) is 0 Å². The molecule has 1 aliphatic rings. The van der Waals surface area contributed by atoms with E-state index in [2.05, 4.69) is 69.1 Å². The van der Waals surface area contributed by atoms with Gasteiger partial charge in [-0.2, -0.15) is 0 Å². The fraction of sp³-hybridized carbons (Fsp3) is 0.684. The Morgan fingerprint density at radius 1 is 1.09 bits per heavy atom. The van der Waals surface area contributed by atoms with Gasteiger partial charge in [0.2, 0.25) is 0 Å². The van der Waals surface area contributed by atoms with E-state index in [1.165, 1.54) is 11.3 Å². The molecule has 3 heteroatoms. The van der Waals surface area contributed by atoms with Crippen LogP contribution in [-0.2, 0) is 0 Å². The molecule has 1 saturated heterocycles. The zero-order valence-electron chi connectivity index (χ0n) is 14.8. The number of rotatable bonds is 4. The fourth-order valence-corrected chi connectivity index (χ4v) is 2.82. The van der Waals surface area contributed by atoms with Crippen molar-refractivity contribution in [2.75, 3.05) is 18.0 Å². The van der Waals surface area contributed by atoms with Gasteiger partial charge < -0.3 is 15.3 Å². The van der Waals surface area contributed by atoms with E-state index in [9.17, 15) is 5.11 Å². The van der Waals surface area contributed by atoms with Crippen molar-refractivity contribution in [2.24, 2.45) is 5.41 Å². The summed E-state index contributed by atoms with van der Waals surface area (Å²) in [6, 6.07) is 9.71. The lowest BCUT2D eigenvalue weighted by molar-refractivity contribution is 0.145. The van der Waals surface area contributed by atoms with Crippen molar-refractivity contribution in [3.8, 4) is 0 Å². The SMILES string of the molecule is CC(NC(C)C(C)(C)C)c1ccc(N2CCC(O)CC2)cc1. The largest absolute Gasteiger partial charge is 0.393 e. The maximum absolute atomic E-state index is 9.61. The average Bonchev–Trinajstić information content (AvgIpc) is 2.47. The summed E-state index contributed by atoms with van der Waals surface area (Å²) >= 11 is 0. The van der Waals surface area contributed by atoms with Gasteiger partial charge in [0.25, 0.3) is 0 Å². The van der Waals surface area contributed by atoms with Crippen LogP contribution < -0.4 is 10.2 Å². The minimum Gasteiger partial charge on any atom is -0.393 e.